The molecule has 0 spiro atoms. The largest absolute Gasteiger partial charge is 0.524 e. The molecule has 0 unspecified atom stereocenters. The van der Waals surface area contributed by atoms with Crippen LogP contribution in [0, 0.1) is 0 Å². The third kappa shape index (κ3) is 3.25. The zero-order valence-corrected chi connectivity index (χ0v) is 8.09. The summed E-state index contributed by atoms with van der Waals surface area (Å²) >= 11 is 0. The second kappa shape index (κ2) is 3.90. The van der Waals surface area contributed by atoms with E-state index in [9.17, 15) is 9.36 Å². The second-order valence-corrected chi connectivity index (χ2v) is 3.73. The lowest BCUT2D eigenvalue weighted by Crippen LogP contribution is -2.01. The molecule has 1 rings (SSSR count). The number of phenols is 1. The summed E-state index contributed by atoms with van der Waals surface area (Å²) < 4.78 is 14.6. The highest BCUT2D eigenvalue weighted by Gasteiger charge is 2.21. The second-order valence-electron chi connectivity index (χ2n) is 2.57. The lowest BCUT2D eigenvalue weighted by atomic mass is 10.2. The van der Waals surface area contributed by atoms with Crippen molar-refractivity contribution in [3.8, 4) is 11.5 Å². The first-order valence-corrected chi connectivity index (χ1v) is 5.14. The van der Waals surface area contributed by atoms with Crippen LogP contribution < -0.4 is 4.52 Å². The molecule has 8 heteroatoms. The van der Waals surface area contributed by atoms with Crippen molar-refractivity contribution in [1.82, 2.24) is 0 Å². The third-order valence-corrected chi connectivity index (χ3v) is 1.85. The van der Waals surface area contributed by atoms with Crippen LogP contribution in [-0.4, -0.2) is 26.0 Å². The molecule has 1 aromatic carbocycles. The highest BCUT2D eigenvalue weighted by atomic mass is 31.2. The van der Waals surface area contributed by atoms with Crippen LogP contribution >= 0.6 is 7.82 Å². The minimum absolute atomic E-state index is 0.342. The summed E-state index contributed by atoms with van der Waals surface area (Å²) in [7, 11) is -4.81. The highest BCUT2D eigenvalue weighted by Crippen LogP contribution is 2.39. The first kappa shape index (κ1) is 11.5. The number of benzene rings is 1. The molecule has 4 N–H and O–H groups in total. The predicted molar refractivity (Wildman–Crippen MR) is 47.7 cm³/mol. The number of hydrogen-bond acceptors (Lipinski definition) is 4. The van der Waals surface area contributed by atoms with Crippen molar-refractivity contribution >= 4 is 13.8 Å². The maximum atomic E-state index is 10.6. The van der Waals surface area contributed by atoms with E-state index in [4.69, 9.17) is 20.0 Å². The summed E-state index contributed by atoms with van der Waals surface area (Å²) in [5.74, 6) is -2.31. The van der Waals surface area contributed by atoms with Gasteiger partial charge >= 0.3 is 13.8 Å². The summed E-state index contributed by atoms with van der Waals surface area (Å²) in [6.45, 7) is 0. The molecular formula is C7H7O7P. The molecule has 0 saturated heterocycles. The molecule has 7 nitrogen and oxygen atoms in total. The van der Waals surface area contributed by atoms with E-state index in [1.54, 1.807) is 0 Å². The number of aromatic hydroxyl groups is 1. The lowest BCUT2D eigenvalue weighted by molar-refractivity contribution is 0.0694. The van der Waals surface area contributed by atoms with Crippen LogP contribution in [0.25, 0.3) is 0 Å². The minimum Gasteiger partial charge on any atom is -0.508 e. The average molecular weight is 234 g/mol. The standard InChI is InChI=1S/C7H7O7P/c8-4-1-2-6(14-15(11,12)13)5(3-4)7(9)10/h1-3,8H,(H,9,10)(H2,11,12,13). The van der Waals surface area contributed by atoms with Gasteiger partial charge in [-0.3, -0.25) is 9.79 Å². The number of phosphoric ester groups is 1. The van der Waals surface area contributed by atoms with Gasteiger partial charge in [0.2, 0.25) is 0 Å². The number of carboxylic acids is 1. The fourth-order valence-corrected chi connectivity index (χ4v) is 1.31. The zero-order chi connectivity index (χ0) is 11.6. The Morgan fingerprint density at radius 3 is 2.40 bits per heavy atom. The molecule has 15 heavy (non-hydrogen) atoms. The fourth-order valence-electron chi connectivity index (χ4n) is 0.893. The molecule has 0 amide bonds. The van der Waals surface area contributed by atoms with E-state index in [1.165, 1.54) is 0 Å². The third-order valence-electron chi connectivity index (χ3n) is 1.41. The minimum atomic E-state index is -4.81. The number of phenolic OH excluding ortho intramolecular Hbond substituents is 1. The number of aromatic carboxylic acids is 1. The summed E-state index contributed by atoms with van der Waals surface area (Å²) in [6.07, 6.45) is 0. The average Bonchev–Trinajstić information content (AvgIpc) is 2.05. The van der Waals surface area contributed by atoms with Crippen molar-refractivity contribution in [2.24, 2.45) is 0 Å². The molecule has 0 saturated carbocycles. The van der Waals surface area contributed by atoms with Gasteiger partial charge in [0.1, 0.15) is 17.1 Å². The predicted octanol–water partition coefficient (Wildman–Crippen LogP) is 0.562. The fraction of sp³-hybridized carbons (Fsp3) is 0. The van der Waals surface area contributed by atoms with Crippen LogP contribution in [-0.2, 0) is 4.57 Å². The molecule has 0 atom stereocenters. The number of hydrogen-bond donors (Lipinski definition) is 4. The Morgan fingerprint density at radius 1 is 1.33 bits per heavy atom. The van der Waals surface area contributed by atoms with Gasteiger partial charge in [-0.15, -0.1) is 0 Å². The van der Waals surface area contributed by atoms with Crippen LogP contribution in [0.3, 0.4) is 0 Å². The van der Waals surface area contributed by atoms with Gasteiger partial charge in [0.15, 0.2) is 0 Å². The van der Waals surface area contributed by atoms with E-state index in [1.807, 2.05) is 0 Å². The van der Waals surface area contributed by atoms with Crippen molar-refractivity contribution in [2.75, 3.05) is 0 Å². The van der Waals surface area contributed by atoms with Gasteiger partial charge in [0.05, 0.1) is 0 Å². The van der Waals surface area contributed by atoms with Gasteiger partial charge in [0.25, 0.3) is 0 Å². The molecule has 82 valence electrons. The maximum absolute atomic E-state index is 10.6. The first-order valence-electron chi connectivity index (χ1n) is 3.61. The molecule has 0 aliphatic heterocycles. The number of phosphoric acid groups is 1. The summed E-state index contributed by atoms with van der Waals surface area (Å²) in [5.41, 5.74) is -0.529. The van der Waals surface area contributed by atoms with Gasteiger partial charge in [-0.25, -0.2) is 9.36 Å². The smallest absolute Gasteiger partial charge is 0.508 e. The van der Waals surface area contributed by atoms with E-state index in [0.717, 1.165) is 18.2 Å². The monoisotopic (exact) mass is 234 g/mol. The molecule has 0 aromatic heterocycles. The van der Waals surface area contributed by atoms with E-state index in [0.29, 0.717) is 0 Å². The molecule has 0 bridgehead atoms. The van der Waals surface area contributed by atoms with E-state index in [-0.39, 0.29) is 5.75 Å². The topological polar surface area (TPSA) is 124 Å². The van der Waals surface area contributed by atoms with Gasteiger partial charge in [0, 0.05) is 0 Å². The lowest BCUT2D eigenvalue weighted by Gasteiger charge is -2.09. The maximum Gasteiger partial charge on any atom is 0.524 e. The Balaban J connectivity index is 3.18. The first-order chi connectivity index (χ1) is 6.79. The number of rotatable bonds is 3. The van der Waals surface area contributed by atoms with Crippen LogP contribution in [0.1, 0.15) is 10.4 Å². The van der Waals surface area contributed by atoms with Crippen molar-refractivity contribution in [3.63, 3.8) is 0 Å². The van der Waals surface area contributed by atoms with Crippen molar-refractivity contribution in [2.45, 2.75) is 0 Å². The molecular weight excluding hydrogens is 227 g/mol. The van der Waals surface area contributed by atoms with Gasteiger partial charge in [-0.05, 0) is 18.2 Å². The van der Waals surface area contributed by atoms with Crippen molar-refractivity contribution < 1.29 is 33.9 Å². The number of carbonyl (C=O) groups is 1. The Hall–Kier alpha value is -1.56. The zero-order valence-electron chi connectivity index (χ0n) is 7.19. The quantitative estimate of drug-likeness (QED) is 0.563. The van der Waals surface area contributed by atoms with Gasteiger partial charge < -0.3 is 14.7 Å². The van der Waals surface area contributed by atoms with Crippen LogP contribution in [0.15, 0.2) is 18.2 Å². The van der Waals surface area contributed by atoms with Gasteiger partial charge in [-0.2, -0.15) is 0 Å². The van der Waals surface area contributed by atoms with Crippen LogP contribution in [0.5, 0.6) is 11.5 Å². The Kier molecular flexibility index (Phi) is 2.99. The molecule has 0 fully saturated rings. The van der Waals surface area contributed by atoms with Crippen LogP contribution in [0.2, 0.25) is 0 Å². The Bertz CT molecular complexity index is 435. The Labute approximate surface area is 83.8 Å². The normalized spacial score (nSPS) is 11.1. The van der Waals surface area contributed by atoms with Crippen LogP contribution in [0.4, 0.5) is 0 Å². The van der Waals surface area contributed by atoms with E-state index >= 15 is 0 Å². The van der Waals surface area contributed by atoms with E-state index in [2.05, 4.69) is 4.52 Å². The summed E-state index contributed by atoms with van der Waals surface area (Å²) in [6, 6.07) is 2.84. The van der Waals surface area contributed by atoms with Crippen molar-refractivity contribution in [1.29, 1.82) is 0 Å². The molecule has 0 radical (unpaired) electrons. The SMILES string of the molecule is O=C(O)c1cc(O)ccc1OP(=O)(O)O. The molecule has 0 aliphatic carbocycles. The van der Waals surface area contributed by atoms with E-state index < -0.39 is 25.1 Å². The number of carboxylic acid groups (broad SMARTS) is 1. The Morgan fingerprint density at radius 2 is 1.93 bits per heavy atom. The van der Waals surface area contributed by atoms with Crippen molar-refractivity contribution in [3.05, 3.63) is 23.8 Å². The van der Waals surface area contributed by atoms with Gasteiger partial charge in [-0.1, -0.05) is 0 Å². The molecule has 1 aromatic rings. The molecule has 0 aliphatic rings. The molecule has 0 heterocycles. The summed E-state index contributed by atoms with van der Waals surface area (Å²) in [4.78, 5) is 27.6. The highest BCUT2D eigenvalue weighted by molar-refractivity contribution is 7.46. The summed E-state index contributed by atoms with van der Waals surface area (Å²) in [5, 5.41) is 17.6.